The number of ether oxygens (including phenoxy) is 1. The van der Waals surface area contributed by atoms with Crippen LogP contribution in [0.15, 0.2) is 34.9 Å². The van der Waals surface area contributed by atoms with E-state index in [-0.39, 0.29) is 0 Å². The van der Waals surface area contributed by atoms with E-state index in [0.717, 1.165) is 26.5 Å². The number of fused-ring (bicyclic) bond motifs is 1. The zero-order chi connectivity index (χ0) is 19.8. The standard InChI is InChI=1S/C18H20BrN5O2S/c1-18(2,3)26-17(25)24(27-4)14-9-10(5-6-21-14)11-7-12-15(13(19)8-11)22-23-16(12)20/h5-9H,1-4H3,(H3,20,22,23). The van der Waals surface area contributed by atoms with Crippen molar-refractivity contribution in [2.45, 2.75) is 26.4 Å². The molecule has 2 aromatic heterocycles. The fraction of sp³-hybridized carbons (Fsp3) is 0.278. The van der Waals surface area contributed by atoms with Gasteiger partial charge < -0.3 is 10.5 Å². The van der Waals surface area contributed by atoms with E-state index in [9.17, 15) is 4.79 Å². The Morgan fingerprint density at radius 1 is 1.30 bits per heavy atom. The van der Waals surface area contributed by atoms with Crippen LogP contribution in [0.1, 0.15) is 20.8 Å². The fourth-order valence-electron chi connectivity index (χ4n) is 2.54. The van der Waals surface area contributed by atoms with E-state index in [4.69, 9.17) is 10.5 Å². The van der Waals surface area contributed by atoms with E-state index in [1.54, 1.807) is 12.5 Å². The van der Waals surface area contributed by atoms with Crippen LogP contribution in [0.25, 0.3) is 22.0 Å². The van der Waals surface area contributed by atoms with Gasteiger partial charge in [-0.15, -0.1) is 0 Å². The Hall–Kier alpha value is -2.26. The van der Waals surface area contributed by atoms with Gasteiger partial charge in [0, 0.05) is 22.3 Å². The van der Waals surface area contributed by atoms with Crippen LogP contribution in [0.2, 0.25) is 0 Å². The second-order valence-electron chi connectivity index (χ2n) is 6.85. The molecule has 0 saturated heterocycles. The maximum atomic E-state index is 12.5. The Kier molecular flexibility index (Phi) is 5.34. The van der Waals surface area contributed by atoms with Gasteiger partial charge in [0.25, 0.3) is 0 Å². The molecule has 0 atom stereocenters. The minimum Gasteiger partial charge on any atom is -0.443 e. The van der Waals surface area contributed by atoms with Gasteiger partial charge in [0.15, 0.2) is 5.82 Å². The van der Waals surface area contributed by atoms with Gasteiger partial charge in [0.05, 0.1) is 5.52 Å². The van der Waals surface area contributed by atoms with E-state index >= 15 is 0 Å². The number of carbonyl (C=O) groups excluding carboxylic acids is 1. The molecule has 0 bridgehead atoms. The van der Waals surface area contributed by atoms with Crippen molar-refractivity contribution in [2.24, 2.45) is 0 Å². The Balaban J connectivity index is 2.00. The number of hydrogen-bond donors (Lipinski definition) is 2. The number of carbonyl (C=O) groups is 1. The summed E-state index contributed by atoms with van der Waals surface area (Å²) in [5.41, 5.74) is 8.02. The van der Waals surface area contributed by atoms with Gasteiger partial charge >= 0.3 is 6.09 Å². The van der Waals surface area contributed by atoms with Crippen molar-refractivity contribution >= 4 is 56.5 Å². The van der Waals surface area contributed by atoms with Crippen LogP contribution < -0.4 is 10.0 Å². The van der Waals surface area contributed by atoms with Gasteiger partial charge in [0.1, 0.15) is 11.4 Å². The molecule has 0 radical (unpaired) electrons. The molecule has 0 spiro atoms. The number of benzene rings is 1. The van der Waals surface area contributed by atoms with Crippen LogP contribution in [0, 0.1) is 0 Å². The predicted octanol–water partition coefficient (Wildman–Crippen LogP) is 4.99. The van der Waals surface area contributed by atoms with Gasteiger partial charge in [0.2, 0.25) is 0 Å². The number of nitrogens with one attached hydrogen (secondary N) is 1. The molecule has 2 heterocycles. The van der Waals surface area contributed by atoms with Gasteiger partial charge in [-0.05, 0) is 84.0 Å². The Morgan fingerprint density at radius 2 is 2.04 bits per heavy atom. The first-order valence-electron chi connectivity index (χ1n) is 8.16. The van der Waals surface area contributed by atoms with E-state index in [1.807, 2.05) is 45.0 Å². The Labute approximate surface area is 169 Å². The third-order valence-electron chi connectivity index (χ3n) is 3.68. The molecule has 0 aliphatic carbocycles. The second kappa shape index (κ2) is 7.40. The van der Waals surface area contributed by atoms with E-state index in [2.05, 4.69) is 31.1 Å². The van der Waals surface area contributed by atoms with Crippen molar-refractivity contribution in [3.8, 4) is 11.1 Å². The SMILES string of the molecule is CSN(C(=O)OC(C)(C)C)c1cc(-c2cc(Br)c3[nH]nc(N)c3c2)ccn1. The molecule has 0 fully saturated rings. The summed E-state index contributed by atoms with van der Waals surface area (Å²) < 4.78 is 7.74. The van der Waals surface area contributed by atoms with Crippen molar-refractivity contribution in [2.75, 3.05) is 16.3 Å². The quantitative estimate of drug-likeness (QED) is 0.546. The van der Waals surface area contributed by atoms with Gasteiger partial charge in [-0.25, -0.2) is 14.1 Å². The molecule has 3 N–H and O–H groups in total. The average molecular weight is 450 g/mol. The van der Waals surface area contributed by atoms with Crippen LogP contribution in [-0.4, -0.2) is 33.1 Å². The van der Waals surface area contributed by atoms with Crippen LogP contribution in [0.5, 0.6) is 0 Å². The summed E-state index contributed by atoms with van der Waals surface area (Å²) in [6, 6.07) is 7.64. The summed E-state index contributed by atoms with van der Waals surface area (Å²) in [6.45, 7) is 5.49. The number of anilines is 2. The van der Waals surface area contributed by atoms with Crippen molar-refractivity contribution in [1.29, 1.82) is 0 Å². The molecule has 0 unspecified atom stereocenters. The molecule has 1 aromatic carbocycles. The molecule has 0 aliphatic rings. The normalized spacial score (nSPS) is 11.6. The maximum Gasteiger partial charge on any atom is 0.426 e. The third-order valence-corrected chi connectivity index (χ3v) is 5.01. The highest BCUT2D eigenvalue weighted by molar-refractivity contribution is 9.10. The third kappa shape index (κ3) is 4.19. The van der Waals surface area contributed by atoms with Gasteiger partial charge in [-0.3, -0.25) is 5.10 Å². The van der Waals surface area contributed by atoms with E-state index in [1.165, 1.54) is 16.3 Å². The maximum absolute atomic E-state index is 12.5. The lowest BCUT2D eigenvalue weighted by Gasteiger charge is -2.25. The summed E-state index contributed by atoms with van der Waals surface area (Å²) in [5.74, 6) is 0.923. The number of pyridine rings is 1. The zero-order valence-corrected chi connectivity index (χ0v) is 17.8. The number of hydrogen-bond acceptors (Lipinski definition) is 6. The van der Waals surface area contributed by atoms with Crippen LogP contribution in [-0.2, 0) is 4.74 Å². The lowest BCUT2D eigenvalue weighted by Crippen LogP contribution is -2.32. The van der Waals surface area contributed by atoms with Crippen molar-refractivity contribution in [3.63, 3.8) is 0 Å². The molecule has 0 saturated carbocycles. The van der Waals surface area contributed by atoms with Crippen LogP contribution in [0.3, 0.4) is 0 Å². The molecule has 27 heavy (non-hydrogen) atoms. The summed E-state index contributed by atoms with van der Waals surface area (Å²) in [7, 11) is 0. The first-order valence-corrected chi connectivity index (χ1v) is 10.1. The monoisotopic (exact) mass is 449 g/mol. The first-order chi connectivity index (χ1) is 12.7. The largest absolute Gasteiger partial charge is 0.443 e. The molecule has 1 amide bonds. The van der Waals surface area contributed by atoms with Crippen molar-refractivity contribution in [1.82, 2.24) is 15.2 Å². The summed E-state index contributed by atoms with van der Waals surface area (Å²) in [4.78, 5) is 16.8. The van der Waals surface area contributed by atoms with Crippen molar-refractivity contribution in [3.05, 3.63) is 34.9 Å². The lowest BCUT2D eigenvalue weighted by atomic mass is 10.0. The number of H-pyrrole nitrogens is 1. The number of aromatic nitrogens is 3. The number of aromatic amines is 1. The number of amides is 1. The molecule has 3 aromatic rings. The average Bonchev–Trinajstić information content (AvgIpc) is 2.96. The predicted molar refractivity (Wildman–Crippen MR) is 114 cm³/mol. The first kappa shape index (κ1) is 19.5. The molecule has 0 aliphatic heterocycles. The summed E-state index contributed by atoms with van der Waals surface area (Å²) in [5, 5.41) is 7.77. The minimum absolute atomic E-state index is 0.432. The number of rotatable bonds is 3. The molecule has 3 rings (SSSR count). The highest BCUT2D eigenvalue weighted by atomic mass is 79.9. The number of halogens is 1. The van der Waals surface area contributed by atoms with Crippen molar-refractivity contribution < 1.29 is 9.53 Å². The zero-order valence-electron chi connectivity index (χ0n) is 15.4. The molecule has 142 valence electrons. The Bertz CT molecular complexity index is 999. The Morgan fingerprint density at radius 3 is 2.70 bits per heavy atom. The molecule has 7 nitrogen and oxygen atoms in total. The highest BCUT2D eigenvalue weighted by Crippen LogP contribution is 2.34. The van der Waals surface area contributed by atoms with Crippen LogP contribution >= 0.6 is 27.9 Å². The van der Waals surface area contributed by atoms with E-state index < -0.39 is 11.7 Å². The molecular formula is C18H20BrN5O2S. The smallest absolute Gasteiger partial charge is 0.426 e. The summed E-state index contributed by atoms with van der Waals surface area (Å²) in [6.07, 6.45) is 3.00. The number of nitrogens with zero attached hydrogens (tertiary/aromatic N) is 3. The highest BCUT2D eigenvalue weighted by Gasteiger charge is 2.24. The topological polar surface area (TPSA) is 97.1 Å². The molecule has 9 heteroatoms. The number of nitrogens with two attached hydrogens (primary N) is 1. The summed E-state index contributed by atoms with van der Waals surface area (Å²) >= 11 is 4.78. The van der Waals surface area contributed by atoms with E-state index in [0.29, 0.717) is 11.6 Å². The van der Waals surface area contributed by atoms with Gasteiger partial charge in [-0.1, -0.05) is 0 Å². The fourth-order valence-corrected chi connectivity index (χ4v) is 3.56. The van der Waals surface area contributed by atoms with Gasteiger partial charge in [-0.2, -0.15) is 5.10 Å². The lowest BCUT2D eigenvalue weighted by molar-refractivity contribution is 0.0611. The minimum atomic E-state index is -0.586. The molecular weight excluding hydrogens is 430 g/mol. The number of nitrogen functional groups attached to an aromatic ring is 1. The van der Waals surface area contributed by atoms with Crippen LogP contribution in [0.4, 0.5) is 16.4 Å². The second-order valence-corrected chi connectivity index (χ2v) is 8.43.